The van der Waals surface area contributed by atoms with Crippen molar-refractivity contribution in [2.24, 2.45) is 0 Å². The molecule has 0 radical (unpaired) electrons. The number of carbonyl (C=O) groups excluding carboxylic acids is 1. The minimum absolute atomic E-state index is 0.127. The Bertz CT molecular complexity index is 1220. The van der Waals surface area contributed by atoms with Gasteiger partial charge in [0.05, 0.1) is 18.0 Å². The van der Waals surface area contributed by atoms with Gasteiger partial charge >= 0.3 is 0 Å². The molecule has 4 aromatic rings. The van der Waals surface area contributed by atoms with Crippen LogP contribution in [0.2, 0.25) is 0 Å². The normalized spacial score (nSPS) is 15.2. The molecule has 1 N–H and O–H groups in total. The van der Waals surface area contributed by atoms with Crippen LogP contribution in [0.1, 0.15) is 34.7 Å². The van der Waals surface area contributed by atoms with Crippen molar-refractivity contribution in [2.75, 3.05) is 11.5 Å². The minimum atomic E-state index is -0.384. The average molecular weight is 475 g/mol. The van der Waals surface area contributed by atoms with E-state index in [0.29, 0.717) is 12.3 Å². The third kappa shape index (κ3) is 3.41. The molecule has 0 saturated carbocycles. The van der Waals surface area contributed by atoms with Gasteiger partial charge < -0.3 is 4.74 Å². The summed E-state index contributed by atoms with van der Waals surface area (Å²) in [6.45, 7) is 2.56. The first-order valence-electron chi connectivity index (χ1n) is 9.99. The Kier molecular flexibility index (Phi) is 5.03. The van der Waals surface area contributed by atoms with E-state index in [0.717, 1.165) is 38.4 Å². The molecule has 2 aromatic heterocycles. The predicted octanol–water partition coefficient (Wildman–Crippen LogP) is 5.38. The molecule has 5 rings (SSSR count). The van der Waals surface area contributed by atoms with Gasteiger partial charge in [-0.1, -0.05) is 22.0 Å². The first-order valence-corrected chi connectivity index (χ1v) is 10.8. The third-order valence-electron chi connectivity index (χ3n) is 5.28. The number of aromatic amines is 1. The van der Waals surface area contributed by atoms with Crippen LogP contribution in [0.3, 0.4) is 0 Å². The molecule has 6 nitrogen and oxygen atoms in total. The Hall–Kier alpha value is -3.45. The van der Waals surface area contributed by atoms with E-state index in [9.17, 15) is 4.79 Å². The number of pyridine rings is 1. The highest BCUT2D eigenvalue weighted by Gasteiger charge is 2.43. The van der Waals surface area contributed by atoms with Crippen molar-refractivity contribution in [3.63, 3.8) is 0 Å². The summed E-state index contributed by atoms with van der Waals surface area (Å²) >= 11 is 3.47. The highest BCUT2D eigenvalue weighted by atomic mass is 79.9. The number of H-pyrrole nitrogens is 1. The van der Waals surface area contributed by atoms with Gasteiger partial charge in [-0.05, 0) is 67.6 Å². The van der Waals surface area contributed by atoms with E-state index in [4.69, 9.17) is 4.74 Å². The van der Waals surface area contributed by atoms with Gasteiger partial charge in [0.25, 0.3) is 5.91 Å². The Morgan fingerprint density at radius 2 is 1.84 bits per heavy atom. The number of ether oxygens (including phenoxy) is 1. The predicted molar refractivity (Wildman–Crippen MR) is 122 cm³/mol. The van der Waals surface area contributed by atoms with Gasteiger partial charge in [-0.3, -0.25) is 19.8 Å². The maximum Gasteiger partial charge on any atom is 0.277 e. The lowest BCUT2D eigenvalue weighted by Crippen LogP contribution is -2.29. The lowest BCUT2D eigenvalue weighted by Gasteiger charge is -2.25. The van der Waals surface area contributed by atoms with Crippen molar-refractivity contribution >= 4 is 27.5 Å². The Morgan fingerprint density at radius 3 is 2.52 bits per heavy atom. The number of hydrogen-bond acceptors (Lipinski definition) is 4. The van der Waals surface area contributed by atoms with E-state index in [-0.39, 0.29) is 11.9 Å². The molecular weight excluding hydrogens is 456 g/mol. The zero-order valence-electron chi connectivity index (χ0n) is 16.7. The number of aromatic nitrogens is 3. The monoisotopic (exact) mass is 474 g/mol. The van der Waals surface area contributed by atoms with Crippen LogP contribution < -0.4 is 9.64 Å². The summed E-state index contributed by atoms with van der Waals surface area (Å²) in [5, 5.41) is 7.48. The molecular formula is C24H19BrN4O2. The van der Waals surface area contributed by atoms with Gasteiger partial charge in [0.2, 0.25) is 0 Å². The molecule has 2 aromatic carbocycles. The van der Waals surface area contributed by atoms with E-state index < -0.39 is 0 Å². The number of fused-ring (bicyclic) bond motifs is 1. The molecule has 0 spiro atoms. The Balaban J connectivity index is 1.65. The van der Waals surface area contributed by atoms with E-state index >= 15 is 0 Å². The highest BCUT2D eigenvalue weighted by Crippen LogP contribution is 2.44. The molecule has 1 aliphatic rings. The smallest absolute Gasteiger partial charge is 0.277 e. The number of hydrogen-bond donors (Lipinski definition) is 1. The number of nitrogens with one attached hydrogen (secondary N) is 1. The second-order valence-electron chi connectivity index (χ2n) is 7.13. The van der Waals surface area contributed by atoms with Gasteiger partial charge in [0, 0.05) is 27.5 Å². The summed E-state index contributed by atoms with van der Waals surface area (Å²) in [6, 6.07) is 20.8. The SMILES string of the molecule is CCOc1ccc(-c2n[nH]c3c2C(c2ccccn2)N(c2ccc(Br)cc2)C3=O)cc1. The van der Waals surface area contributed by atoms with E-state index in [1.54, 1.807) is 11.1 Å². The van der Waals surface area contributed by atoms with Crippen LogP contribution in [0.25, 0.3) is 11.3 Å². The molecule has 0 aliphatic carbocycles. The average Bonchev–Trinajstić information content (AvgIpc) is 3.35. The van der Waals surface area contributed by atoms with Gasteiger partial charge in [-0.15, -0.1) is 0 Å². The zero-order valence-corrected chi connectivity index (χ0v) is 18.3. The van der Waals surface area contributed by atoms with Gasteiger partial charge in [-0.25, -0.2) is 0 Å². The molecule has 0 saturated heterocycles. The van der Waals surface area contributed by atoms with Crippen LogP contribution in [0.4, 0.5) is 5.69 Å². The second-order valence-corrected chi connectivity index (χ2v) is 8.04. The first-order chi connectivity index (χ1) is 15.2. The fourth-order valence-corrected chi connectivity index (χ4v) is 4.19. The minimum Gasteiger partial charge on any atom is -0.494 e. The summed E-state index contributed by atoms with van der Waals surface area (Å²) in [5.74, 6) is 0.671. The molecule has 1 unspecified atom stereocenters. The zero-order chi connectivity index (χ0) is 21.4. The summed E-state index contributed by atoms with van der Waals surface area (Å²) < 4.78 is 6.51. The van der Waals surface area contributed by atoms with Gasteiger partial charge in [0.15, 0.2) is 0 Å². The van der Waals surface area contributed by atoms with Crippen molar-refractivity contribution in [3.05, 3.63) is 94.4 Å². The molecule has 154 valence electrons. The molecule has 0 fully saturated rings. The van der Waals surface area contributed by atoms with Crippen molar-refractivity contribution < 1.29 is 9.53 Å². The largest absolute Gasteiger partial charge is 0.494 e. The fraction of sp³-hybridized carbons (Fsp3) is 0.125. The van der Waals surface area contributed by atoms with Crippen molar-refractivity contribution in [1.82, 2.24) is 15.2 Å². The summed E-state index contributed by atoms with van der Waals surface area (Å²) in [7, 11) is 0. The van der Waals surface area contributed by atoms with E-state index in [1.165, 1.54) is 0 Å². The van der Waals surface area contributed by atoms with Crippen LogP contribution >= 0.6 is 15.9 Å². The lowest BCUT2D eigenvalue weighted by atomic mass is 9.99. The van der Waals surface area contributed by atoms with Crippen LogP contribution in [0.15, 0.2) is 77.4 Å². The van der Waals surface area contributed by atoms with Crippen LogP contribution in [-0.2, 0) is 0 Å². The van der Waals surface area contributed by atoms with Crippen LogP contribution in [-0.4, -0.2) is 27.7 Å². The lowest BCUT2D eigenvalue weighted by molar-refractivity contribution is 0.0988. The maximum atomic E-state index is 13.4. The summed E-state index contributed by atoms with van der Waals surface area (Å²) in [4.78, 5) is 19.8. The number of nitrogens with zero attached hydrogens (tertiary/aromatic N) is 3. The number of carbonyl (C=O) groups is 1. The number of benzene rings is 2. The molecule has 1 atom stereocenters. The maximum absolute atomic E-state index is 13.4. The fourth-order valence-electron chi connectivity index (χ4n) is 3.93. The highest BCUT2D eigenvalue weighted by molar-refractivity contribution is 9.10. The summed E-state index contributed by atoms with van der Waals surface area (Å²) in [5.41, 5.74) is 4.55. The van der Waals surface area contributed by atoms with Gasteiger partial charge in [0.1, 0.15) is 17.5 Å². The summed E-state index contributed by atoms with van der Waals surface area (Å²) in [6.07, 6.45) is 1.74. The van der Waals surface area contributed by atoms with E-state index in [2.05, 4.69) is 31.1 Å². The second kappa shape index (κ2) is 8.00. The number of amides is 1. The third-order valence-corrected chi connectivity index (χ3v) is 5.81. The van der Waals surface area contributed by atoms with Crippen molar-refractivity contribution in [3.8, 4) is 17.0 Å². The number of rotatable bonds is 5. The van der Waals surface area contributed by atoms with Crippen LogP contribution in [0.5, 0.6) is 5.75 Å². The van der Waals surface area contributed by atoms with Gasteiger partial charge in [-0.2, -0.15) is 5.10 Å². The molecule has 1 aliphatic heterocycles. The molecule has 3 heterocycles. The van der Waals surface area contributed by atoms with Crippen LogP contribution in [0, 0.1) is 0 Å². The van der Waals surface area contributed by atoms with Crippen molar-refractivity contribution in [2.45, 2.75) is 13.0 Å². The van der Waals surface area contributed by atoms with E-state index in [1.807, 2.05) is 73.7 Å². The molecule has 0 bridgehead atoms. The first kappa shape index (κ1) is 19.5. The Morgan fingerprint density at radius 1 is 1.06 bits per heavy atom. The quantitative estimate of drug-likeness (QED) is 0.421. The number of halogens is 1. The standard InChI is InChI=1S/C24H19BrN4O2/c1-2-31-18-12-6-15(7-13-18)21-20-22(28-27-21)24(30)29(17-10-8-16(25)9-11-17)23(20)19-5-3-4-14-26-19/h3-14,23H,2H2,1H3,(H,27,28). The van der Waals surface area contributed by atoms with Crippen molar-refractivity contribution in [1.29, 1.82) is 0 Å². The topological polar surface area (TPSA) is 71.1 Å². The number of anilines is 1. The Labute approximate surface area is 188 Å². The molecule has 1 amide bonds. The molecule has 31 heavy (non-hydrogen) atoms. The molecule has 7 heteroatoms.